The van der Waals surface area contributed by atoms with Crippen molar-refractivity contribution in [2.75, 3.05) is 12.8 Å². The zero-order chi connectivity index (χ0) is 10.8. The quantitative estimate of drug-likeness (QED) is 0.784. The van der Waals surface area contributed by atoms with Crippen LogP contribution in [0.4, 0.5) is 5.82 Å². The second-order valence-corrected chi connectivity index (χ2v) is 3.31. The Labute approximate surface area is 88.1 Å². The molecule has 0 saturated heterocycles. The third-order valence-corrected chi connectivity index (χ3v) is 2.23. The molecule has 3 N–H and O–H groups in total. The number of rotatable bonds is 2. The van der Waals surface area contributed by atoms with Gasteiger partial charge in [0, 0.05) is 5.56 Å². The summed E-state index contributed by atoms with van der Waals surface area (Å²) in [6.45, 7) is 1.88. The van der Waals surface area contributed by atoms with E-state index >= 15 is 0 Å². The van der Waals surface area contributed by atoms with Crippen LogP contribution in [0.5, 0.6) is 5.75 Å². The number of ether oxygens (including phenoxy) is 1. The van der Waals surface area contributed by atoms with Crippen LogP contribution in [0.3, 0.4) is 0 Å². The van der Waals surface area contributed by atoms with Crippen LogP contribution in [-0.2, 0) is 0 Å². The second-order valence-electron chi connectivity index (χ2n) is 3.31. The number of hydrogen-bond acceptors (Lipinski definition) is 3. The van der Waals surface area contributed by atoms with Crippen molar-refractivity contribution in [3.05, 3.63) is 30.1 Å². The number of nitrogens with one attached hydrogen (secondary N) is 1. The lowest BCUT2D eigenvalue weighted by Crippen LogP contribution is -1.88. The highest BCUT2D eigenvalue weighted by Gasteiger charge is 2.06. The summed E-state index contributed by atoms with van der Waals surface area (Å²) in [7, 11) is 1.64. The Kier molecular flexibility index (Phi) is 2.33. The smallest absolute Gasteiger partial charge is 0.149 e. The van der Waals surface area contributed by atoms with Crippen LogP contribution in [-0.4, -0.2) is 17.1 Å². The number of aryl methyl sites for hydroxylation is 1. The normalized spacial score (nSPS) is 10.3. The molecule has 1 aromatic heterocycles. The van der Waals surface area contributed by atoms with Crippen molar-refractivity contribution in [3.8, 4) is 17.0 Å². The minimum absolute atomic E-state index is 0.526. The Bertz CT molecular complexity index is 459. The van der Waals surface area contributed by atoms with E-state index in [1.165, 1.54) is 0 Å². The lowest BCUT2D eigenvalue weighted by molar-refractivity contribution is 0.415. The molecule has 0 atom stereocenters. The maximum absolute atomic E-state index is 5.77. The maximum Gasteiger partial charge on any atom is 0.149 e. The van der Waals surface area contributed by atoms with E-state index < -0.39 is 0 Å². The Morgan fingerprint density at radius 2 is 1.93 bits per heavy atom. The number of nitrogen functional groups attached to an aromatic ring is 1. The van der Waals surface area contributed by atoms with E-state index in [1.807, 2.05) is 31.2 Å². The van der Waals surface area contributed by atoms with Gasteiger partial charge < -0.3 is 15.5 Å². The topological polar surface area (TPSA) is 63.9 Å². The predicted octanol–water partition coefficient (Wildman–Crippen LogP) is 1.98. The number of aromatic amines is 1. The molecule has 0 radical (unpaired) electrons. The van der Waals surface area contributed by atoms with Crippen molar-refractivity contribution in [2.45, 2.75) is 6.92 Å². The van der Waals surface area contributed by atoms with Gasteiger partial charge in [0.1, 0.15) is 17.4 Å². The fourth-order valence-electron chi connectivity index (χ4n) is 1.49. The molecule has 0 aliphatic carbocycles. The molecule has 4 heteroatoms. The minimum Gasteiger partial charge on any atom is -0.497 e. The van der Waals surface area contributed by atoms with E-state index in [-0.39, 0.29) is 0 Å². The number of imidazole rings is 1. The molecule has 0 unspecified atom stereocenters. The van der Waals surface area contributed by atoms with Gasteiger partial charge >= 0.3 is 0 Å². The van der Waals surface area contributed by atoms with E-state index in [9.17, 15) is 0 Å². The van der Waals surface area contributed by atoms with Crippen LogP contribution in [0.25, 0.3) is 11.3 Å². The van der Waals surface area contributed by atoms with Gasteiger partial charge in [0.05, 0.1) is 12.8 Å². The van der Waals surface area contributed by atoms with E-state index in [2.05, 4.69) is 9.97 Å². The number of aromatic nitrogens is 2. The molecule has 0 aliphatic heterocycles. The van der Waals surface area contributed by atoms with Crippen LogP contribution in [0.15, 0.2) is 24.3 Å². The summed E-state index contributed by atoms with van der Waals surface area (Å²) >= 11 is 0. The standard InChI is InChI=1S/C11H13N3O/c1-7-13-10(11(12)14-7)8-3-5-9(15-2)6-4-8/h3-6H,12H2,1-2H3,(H,13,14). The average Bonchev–Trinajstić information content (AvgIpc) is 2.58. The van der Waals surface area contributed by atoms with Crippen molar-refractivity contribution in [1.29, 1.82) is 0 Å². The summed E-state index contributed by atoms with van der Waals surface area (Å²) in [4.78, 5) is 7.24. The highest BCUT2D eigenvalue weighted by Crippen LogP contribution is 2.25. The molecule has 15 heavy (non-hydrogen) atoms. The van der Waals surface area contributed by atoms with Gasteiger partial charge in [-0.25, -0.2) is 4.98 Å². The molecule has 2 aromatic rings. The molecule has 0 aliphatic rings. The maximum atomic E-state index is 5.77. The highest BCUT2D eigenvalue weighted by molar-refractivity contribution is 5.70. The summed E-state index contributed by atoms with van der Waals surface area (Å²) in [6.07, 6.45) is 0. The Balaban J connectivity index is 2.41. The van der Waals surface area contributed by atoms with Gasteiger partial charge in [-0.15, -0.1) is 0 Å². The molecule has 4 nitrogen and oxygen atoms in total. The SMILES string of the molecule is COc1ccc(-c2[nH]c(C)nc2N)cc1. The Morgan fingerprint density at radius 1 is 1.27 bits per heavy atom. The van der Waals surface area contributed by atoms with E-state index in [0.29, 0.717) is 5.82 Å². The molecule has 1 aromatic carbocycles. The fourth-order valence-corrected chi connectivity index (χ4v) is 1.49. The second kappa shape index (κ2) is 3.65. The third-order valence-electron chi connectivity index (χ3n) is 2.23. The van der Waals surface area contributed by atoms with Gasteiger partial charge in [-0.3, -0.25) is 0 Å². The van der Waals surface area contributed by atoms with Crippen molar-refractivity contribution in [2.24, 2.45) is 0 Å². The van der Waals surface area contributed by atoms with E-state index in [0.717, 1.165) is 22.8 Å². The first-order valence-electron chi connectivity index (χ1n) is 4.67. The number of methoxy groups -OCH3 is 1. The van der Waals surface area contributed by atoms with Crippen LogP contribution in [0.1, 0.15) is 5.82 Å². The molecule has 1 heterocycles. The molecular weight excluding hydrogens is 190 g/mol. The zero-order valence-electron chi connectivity index (χ0n) is 8.74. The number of anilines is 1. The Hall–Kier alpha value is -1.97. The van der Waals surface area contributed by atoms with E-state index in [4.69, 9.17) is 10.5 Å². The monoisotopic (exact) mass is 203 g/mol. The van der Waals surface area contributed by atoms with Crippen LogP contribution in [0.2, 0.25) is 0 Å². The Morgan fingerprint density at radius 3 is 2.40 bits per heavy atom. The highest BCUT2D eigenvalue weighted by atomic mass is 16.5. The molecule has 0 bridgehead atoms. The first-order valence-corrected chi connectivity index (χ1v) is 4.67. The van der Waals surface area contributed by atoms with E-state index in [1.54, 1.807) is 7.11 Å². The van der Waals surface area contributed by atoms with Gasteiger partial charge in [-0.1, -0.05) is 0 Å². The summed E-state index contributed by atoms with van der Waals surface area (Å²) in [5.41, 5.74) is 7.64. The van der Waals surface area contributed by atoms with Gasteiger partial charge in [-0.2, -0.15) is 0 Å². The number of nitrogens with zero attached hydrogens (tertiary/aromatic N) is 1. The van der Waals surface area contributed by atoms with Gasteiger partial charge in [0.2, 0.25) is 0 Å². The van der Waals surface area contributed by atoms with Crippen molar-refractivity contribution in [3.63, 3.8) is 0 Å². The molecule has 0 saturated carbocycles. The van der Waals surface area contributed by atoms with Crippen LogP contribution >= 0.6 is 0 Å². The number of hydrogen-bond donors (Lipinski definition) is 2. The fraction of sp³-hybridized carbons (Fsp3) is 0.182. The van der Waals surface area contributed by atoms with Crippen molar-refractivity contribution < 1.29 is 4.74 Å². The number of H-pyrrole nitrogens is 1. The number of nitrogens with two attached hydrogens (primary N) is 1. The van der Waals surface area contributed by atoms with Crippen LogP contribution in [0, 0.1) is 6.92 Å². The minimum atomic E-state index is 0.526. The number of benzene rings is 1. The summed E-state index contributed by atoms with van der Waals surface area (Å²) < 4.78 is 5.08. The summed E-state index contributed by atoms with van der Waals surface area (Å²) in [5, 5.41) is 0. The zero-order valence-corrected chi connectivity index (χ0v) is 8.74. The third kappa shape index (κ3) is 1.79. The van der Waals surface area contributed by atoms with Gasteiger partial charge in [-0.05, 0) is 31.2 Å². The van der Waals surface area contributed by atoms with Crippen LogP contribution < -0.4 is 10.5 Å². The van der Waals surface area contributed by atoms with Gasteiger partial charge in [0.15, 0.2) is 0 Å². The molecule has 0 amide bonds. The first kappa shape index (κ1) is 9.58. The molecular formula is C11H13N3O. The van der Waals surface area contributed by atoms with Crippen molar-refractivity contribution in [1.82, 2.24) is 9.97 Å². The van der Waals surface area contributed by atoms with Crippen molar-refractivity contribution >= 4 is 5.82 Å². The first-order chi connectivity index (χ1) is 7.20. The summed E-state index contributed by atoms with van der Waals surface area (Å²) in [6, 6.07) is 7.68. The molecule has 2 rings (SSSR count). The largest absolute Gasteiger partial charge is 0.497 e. The van der Waals surface area contributed by atoms with Gasteiger partial charge in [0.25, 0.3) is 0 Å². The molecule has 0 fully saturated rings. The lowest BCUT2D eigenvalue weighted by Gasteiger charge is -2.01. The summed E-state index contributed by atoms with van der Waals surface area (Å²) in [5.74, 6) is 2.17. The molecule has 78 valence electrons. The predicted molar refractivity (Wildman–Crippen MR) is 59.7 cm³/mol. The average molecular weight is 203 g/mol. The lowest BCUT2D eigenvalue weighted by atomic mass is 10.1. The molecule has 0 spiro atoms.